The lowest BCUT2D eigenvalue weighted by Crippen LogP contribution is -1.96. The van der Waals surface area contributed by atoms with Crippen LogP contribution in [0.2, 0.25) is 0 Å². The third-order valence-electron chi connectivity index (χ3n) is 5.28. The molecule has 0 aliphatic rings. The van der Waals surface area contributed by atoms with Crippen molar-refractivity contribution in [2.24, 2.45) is 0 Å². The highest BCUT2D eigenvalue weighted by Gasteiger charge is 2.11. The molecule has 30 heavy (non-hydrogen) atoms. The zero-order chi connectivity index (χ0) is 21.4. The Balaban J connectivity index is 1.98. The Morgan fingerprint density at radius 2 is 0.700 bits per heavy atom. The standard InChI is InChI=1S/C28H28N2/c1-17-7-18(2)10-23(9-17)25-14-26(24-11-19(3)8-20(4)12-24)16-27(15-25)28-29-21(5)13-22(6)30-28/h7-16H,1-6H3. The van der Waals surface area contributed by atoms with Crippen LogP contribution in [0.3, 0.4) is 0 Å². The molecule has 0 radical (unpaired) electrons. The molecule has 0 amide bonds. The predicted octanol–water partition coefficient (Wildman–Crippen LogP) is 7.33. The fourth-order valence-electron chi connectivity index (χ4n) is 4.23. The molecule has 0 bridgehead atoms. The molecule has 2 nitrogen and oxygen atoms in total. The van der Waals surface area contributed by atoms with Gasteiger partial charge in [0.05, 0.1) is 0 Å². The molecule has 0 saturated carbocycles. The first kappa shape index (κ1) is 20.0. The lowest BCUT2D eigenvalue weighted by molar-refractivity contribution is 1.06. The van der Waals surface area contributed by atoms with Gasteiger partial charge >= 0.3 is 0 Å². The van der Waals surface area contributed by atoms with Crippen molar-refractivity contribution < 1.29 is 0 Å². The first-order valence-electron chi connectivity index (χ1n) is 10.4. The van der Waals surface area contributed by atoms with Gasteiger partial charge in [-0.05, 0) is 88.1 Å². The van der Waals surface area contributed by atoms with Crippen molar-refractivity contribution in [3.63, 3.8) is 0 Å². The largest absolute Gasteiger partial charge is 0.233 e. The van der Waals surface area contributed by atoms with E-state index in [1.165, 1.54) is 44.5 Å². The predicted molar refractivity (Wildman–Crippen MR) is 127 cm³/mol. The molecule has 150 valence electrons. The number of hydrogen-bond acceptors (Lipinski definition) is 2. The monoisotopic (exact) mass is 392 g/mol. The van der Waals surface area contributed by atoms with Gasteiger partial charge in [-0.15, -0.1) is 0 Å². The Labute approximate surface area is 179 Å². The highest BCUT2D eigenvalue weighted by atomic mass is 14.9. The van der Waals surface area contributed by atoms with Crippen molar-refractivity contribution in [3.8, 4) is 33.6 Å². The Hall–Kier alpha value is -3.26. The van der Waals surface area contributed by atoms with E-state index in [-0.39, 0.29) is 0 Å². The minimum absolute atomic E-state index is 0.782. The van der Waals surface area contributed by atoms with E-state index in [2.05, 4.69) is 82.3 Å². The molecule has 0 aliphatic carbocycles. The molecule has 0 saturated heterocycles. The molecule has 0 aliphatic heterocycles. The zero-order valence-electron chi connectivity index (χ0n) is 18.7. The summed E-state index contributed by atoms with van der Waals surface area (Å²) < 4.78 is 0. The molecular weight excluding hydrogens is 364 g/mol. The van der Waals surface area contributed by atoms with Gasteiger partial charge < -0.3 is 0 Å². The Bertz CT molecular complexity index is 1020. The van der Waals surface area contributed by atoms with Crippen molar-refractivity contribution >= 4 is 0 Å². The Kier molecular flexibility index (Phi) is 5.26. The maximum absolute atomic E-state index is 4.73. The number of aryl methyl sites for hydroxylation is 6. The zero-order valence-corrected chi connectivity index (χ0v) is 18.7. The second-order valence-electron chi connectivity index (χ2n) is 8.53. The average Bonchev–Trinajstić information content (AvgIpc) is 2.65. The highest BCUT2D eigenvalue weighted by Crippen LogP contribution is 2.33. The molecule has 3 aromatic carbocycles. The summed E-state index contributed by atoms with van der Waals surface area (Å²) in [4.78, 5) is 9.47. The summed E-state index contributed by atoms with van der Waals surface area (Å²) in [5.41, 5.74) is 12.9. The third-order valence-corrected chi connectivity index (χ3v) is 5.28. The van der Waals surface area contributed by atoms with Gasteiger partial charge in [0.25, 0.3) is 0 Å². The lowest BCUT2D eigenvalue weighted by Gasteiger charge is -2.13. The minimum Gasteiger partial charge on any atom is -0.233 e. The van der Waals surface area contributed by atoms with Crippen LogP contribution < -0.4 is 0 Å². The maximum Gasteiger partial charge on any atom is 0.159 e. The van der Waals surface area contributed by atoms with Gasteiger partial charge in [0.1, 0.15) is 0 Å². The van der Waals surface area contributed by atoms with E-state index < -0.39 is 0 Å². The molecule has 1 heterocycles. The van der Waals surface area contributed by atoms with Crippen LogP contribution in [0.5, 0.6) is 0 Å². The van der Waals surface area contributed by atoms with E-state index in [4.69, 9.17) is 9.97 Å². The Morgan fingerprint density at radius 3 is 1.10 bits per heavy atom. The summed E-state index contributed by atoms with van der Waals surface area (Å²) in [5, 5.41) is 0. The van der Waals surface area contributed by atoms with Crippen molar-refractivity contribution in [1.82, 2.24) is 9.97 Å². The second-order valence-corrected chi connectivity index (χ2v) is 8.53. The van der Waals surface area contributed by atoms with Gasteiger partial charge in [0.2, 0.25) is 0 Å². The van der Waals surface area contributed by atoms with Gasteiger partial charge in [-0.25, -0.2) is 9.97 Å². The van der Waals surface area contributed by atoms with E-state index >= 15 is 0 Å². The molecule has 0 fully saturated rings. The summed E-state index contributed by atoms with van der Waals surface area (Å²) in [6.07, 6.45) is 0. The van der Waals surface area contributed by atoms with E-state index in [1.54, 1.807) is 0 Å². The summed E-state index contributed by atoms with van der Waals surface area (Å²) >= 11 is 0. The summed E-state index contributed by atoms with van der Waals surface area (Å²) in [7, 11) is 0. The molecule has 0 N–H and O–H groups in total. The number of benzene rings is 3. The minimum atomic E-state index is 0.782. The lowest BCUT2D eigenvalue weighted by atomic mass is 9.93. The molecule has 4 aromatic rings. The van der Waals surface area contributed by atoms with Crippen molar-refractivity contribution in [2.45, 2.75) is 41.5 Å². The molecule has 0 spiro atoms. The Morgan fingerprint density at radius 1 is 0.367 bits per heavy atom. The fraction of sp³-hybridized carbons (Fsp3) is 0.214. The topological polar surface area (TPSA) is 25.8 Å². The molecule has 0 unspecified atom stereocenters. The van der Waals surface area contributed by atoms with Crippen LogP contribution in [-0.2, 0) is 0 Å². The van der Waals surface area contributed by atoms with Crippen LogP contribution in [0.4, 0.5) is 0 Å². The van der Waals surface area contributed by atoms with Gasteiger partial charge in [0, 0.05) is 17.0 Å². The molecule has 4 rings (SSSR count). The molecule has 0 atom stereocenters. The first-order valence-corrected chi connectivity index (χ1v) is 10.4. The van der Waals surface area contributed by atoms with Crippen molar-refractivity contribution in [1.29, 1.82) is 0 Å². The third kappa shape index (κ3) is 4.33. The number of aromatic nitrogens is 2. The van der Waals surface area contributed by atoms with Crippen LogP contribution in [0, 0.1) is 41.5 Å². The van der Waals surface area contributed by atoms with Crippen LogP contribution in [0.1, 0.15) is 33.6 Å². The average molecular weight is 393 g/mol. The van der Waals surface area contributed by atoms with E-state index in [9.17, 15) is 0 Å². The SMILES string of the molecule is Cc1cc(C)cc(-c2cc(-c3cc(C)cc(C)c3)cc(-c3nc(C)cc(C)n3)c2)c1. The molecule has 2 heteroatoms. The smallest absolute Gasteiger partial charge is 0.159 e. The number of nitrogens with zero attached hydrogens (tertiary/aromatic N) is 2. The van der Waals surface area contributed by atoms with Crippen LogP contribution in [0.25, 0.3) is 33.6 Å². The molecule has 1 aromatic heterocycles. The molecular formula is C28H28N2. The van der Waals surface area contributed by atoms with E-state index in [0.29, 0.717) is 0 Å². The van der Waals surface area contributed by atoms with Gasteiger partial charge in [-0.3, -0.25) is 0 Å². The van der Waals surface area contributed by atoms with E-state index in [1.807, 2.05) is 19.9 Å². The summed E-state index contributed by atoms with van der Waals surface area (Å²) in [5.74, 6) is 0.782. The van der Waals surface area contributed by atoms with Gasteiger partial charge in [0.15, 0.2) is 5.82 Å². The highest BCUT2D eigenvalue weighted by molar-refractivity contribution is 5.80. The number of hydrogen-bond donors (Lipinski definition) is 0. The normalized spacial score (nSPS) is 11.0. The summed E-state index contributed by atoms with van der Waals surface area (Å²) in [6, 6.07) is 22.2. The van der Waals surface area contributed by atoms with Crippen LogP contribution in [0.15, 0.2) is 60.7 Å². The summed E-state index contributed by atoms with van der Waals surface area (Å²) in [6.45, 7) is 12.7. The van der Waals surface area contributed by atoms with Crippen molar-refractivity contribution in [3.05, 3.63) is 94.3 Å². The van der Waals surface area contributed by atoms with Gasteiger partial charge in [-0.1, -0.05) is 58.7 Å². The maximum atomic E-state index is 4.73. The van der Waals surface area contributed by atoms with Gasteiger partial charge in [-0.2, -0.15) is 0 Å². The fourth-order valence-corrected chi connectivity index (χ4v) is 4.23. The number of rotatable bonds is 3. The second kappa shape index (κ2) is 7.87. The van der Waals surface area contributed by atoms with Crippen molar-refractivity contribution in [2.75, 3.05) is 0 Å². The van der Waals surface area contributed by atoms with Crippen LogP contribution >= 0.6 is 0 Å². The van der Waals surface area contributed by atoms with Crippen LogP contribution in [-0.4, -0.2) is 9.97 Å². The first-order chi connectivity index (χ1) is 14.3. The van der Waals surface area contributed by atoms with E-state index in [0.717, 1.165) is 22.8 Å². The quantitative estimate of drug-likeness (QED) is 0.365.